The van der Waals surface area contributed by atoms with E-state index in [-0.39, 0.29) is 6.61 Å². The molecule has 1 amide bonds. The number of carbonyl (C=O) groups is 1. The number of ether oxygens (including phenoxy) is 3. The van der Waals surface area contributed by atoms with Crippen molar-refractivity contribution in [1.82, 2.24) is 10.4 Å². The number of rotatable bonds is 9. The molecule has 0 spiro atoms. The Morgan fingerprint density at radius 2 is 1.86 bits per heavy atom. The Hall–Kier alpha value is -3.62. The number of hydrogen-bond donors (Lipinski definition) is 1. The van der Waals surface area contributed by atoms with E-state index in [0.717, 1.165) is 15.4 Å². The van der Waals surface area contributed by atoms with Crippen molar-refractivity contribution in [3.63, 3.8) is 0 Å². The third-order valence-electron chi connectivity index (χ3n) is 4.94. The molecule has 0 aliphatic carbocycles. The molecule has 7 nitrogen and oxygen atoms in total. The molecule has 0 saturated heterocycles. The fraction of sp³-hybridized carbons (Fsp3) is 0.115. The van der Waals surface area contributed by atoms with E-state index in [1.165, 1.54) is 6.21 Å². The summed E-state index contributed by atoms with van der Waals surface area (Å²) >= 11 is 9.44. The summed E-state index contributed by atoms with van der Waals surface area (Å²) in [5.41, 5.74) is 4.83. The first-order chi connectivity index (χ1) is 17.0. The van der Waals surface area contributed by atoms with E-state index < -0.39 is 5.91 Å². The standard InChI is InChI=1S/C26H21BrClN3O4/c1-33-23-12-19(21(27)13-24(23)34-15-17-7-9-20(28)10-8-17)14-30-31-25(32)16-35-22-6-2-4-18-5-3-11-29-26(18)22/h2-14H,15-16H2,1H3,(H,31,32)/b30-14-. The van der Waals surface area contributed by atoms with Gasteiger partial charge in [-0.05, 0) is 57.9 Å². The zero-order valence-corrected chi connectivity index (χ0v) is 21.0. The average Bonchev–Trinajstić information content (AvgIpc) is 2.88. The maximum Gasteiger partial charge on any atom is 0.277 e. The number of carbonyl (C=O) groups excluding carboxylic acids is 1. The highest BCUT2D eigenvalue weighted by Crippen LogP contribution is 2.33. The minimum atomic E-state index is -0.403. The van der Waals surface area contributed by atoms with E-state index in [9.17, 15) is 4.79 Å². The van der Waals surface area contributed by atoms with Crippen LogP contribution in [-0.2, 0) is 11.4 Å². The van der Waals surface area contributed by atoms with E-state index in [0.29, 0.717) is 40.0 Å². The molecule has 0 saturated carbocycles. The van der Waals surface area contributed by atoms with E-state index in [2.05, 4.69) is 31.4 Å². The predicted octanol–water partition coefficient (Wildman–Crippen LogP) is 5.77. The SMILES string of the molecule is COc1cc(/C=N\NC(=O)COc2cccc3cccnc23)c(Br)cc1OCc1ccc(Cl)cc1. The van der Waals surface area contributed by atoms with Crippen molar-refractivity contribution in [2.45, 2.75) is 6.61 Å². The van der Waals surface area contributed by atoms with Gasteiger partial charge in [-0.15, -0.1) is 0 Å². The second kappa shape index (κ2) is 11.7. The van der Waals surface area contributed by atoms with Crippen molar-refractivity contribution in [2.75, 3.05) is 13.7 Å². The largest absolute Gasteiger partial charge is 0.493 e. The van der Waals surface area contributed by atoms with E-state index >= 15 is 0 Å². The highest BCUT2D eigenvalue weighted by atomic mass is 79.9. The predicted molar refractivity (Wildman–Crippen MR) is 139 cm³/mol. The lowest BCUT2D eigenvalue weighted by Gasteiger charge is -2.13. The zero-order valence-electron chi connectivity index (χ0n) is 18.7. The molecule has 1 aromatic heterocycles. The van der Waals surface area contributed by atoms with Gasteiger partial charge in [-0.1, -0.05) is 41.9 Å². The Morgan fingerprint density at radius 1 is 1.06 bits per heavy atom. The van der Waals surface area contributed by atoms with Gasteiger partial charge in [-0.25, -0.2) is 5.43 Å². The number of hydrazone groups is 1. The van der Waals surface area contributed by atoms with E-state index in [1.54, 1.807) is 31.5 Å². The molecule has 0 bridgehead atoms. The third kappa shape index (κ3) is 6.49. The molecule has 1 N–H and O–H groups in total. The summed E-state index contributed by atoms with van der Waals surface area (Å²) in [6, 6.07) is 20.3. The Labute approximate surface area is 215 Å². The number of fused-ring (bicyclic) bond motifs is 1. The molecule has 35 heavy (non-hydrogen) atoms. The van der Waals surface area contributed by atoms with Gasteiger partial charge in [0.15, 0.2) is 18.1 Å². The lowest BCUT2D eigenvalue weighted by Crippen LogP contribution is -2.24. The van der Waals surface area contributed by atoms with Gasteiger partial charge in [0, 0.05) is 26.6 Å². The molecule has 1 heterocycles. The second-order valence-corrected chi connectivity index (χ2v) is 8.64. The molecule has 0 fully saturated rings. The van der Waals surface area contributed by atoms with Crippen LogP contribution in [0, 0.1) is 0 Å². The van der Waals surface area contributed by atoms with Crippen molar-refractivity contribution in [1.29, 1.82) is 0 Å². The molecule has 4 rings (SSSR count). The Balaban J connectivity index is 1.35. The number of benzene rings is 3. The van der Waals surface area contributed by atoms with E-state index in [1.807, 2.05) is 48.5 Å². The minimum Gasteiger partial charge on any atom is -0.493 e. The number of methoxy groups -OCH3 is 1. The van der Waals surface area contributed by atoms with Crippen LogP contribution >= 0.6 is 27.5 Å². The first-order valence-corrected chi connectivity index (χ1v) is 11.7. The summed E-state index contributed by atoms with van der Waals surface area (Å²) in [4.78, 5) is 16.5. The molecule has 4 aromatic rings. The smallest absolute Gasteiger partial charge is 0.277 e. The van der Waals surface area contributed by atoms with Crippen LogP contribution in [0.1, 0.15) is 11.1 Å². The molecule has 0 aliphatic rings. The number of pyridine rings is 1. The molecule has 0 unspecified atom stereocenters. The second-order valence-electron chi connectivity index (χ2n) is 7.35. The van der Waals surface area contributed by atoms with Gasteiger partial charge in [0.05, 0.1) is 13.3 Å². The summed E-state index contributed by atoms with van der Waals surface area (Å²) in [6.07, 6.45) is 3.19. The van der Waals surface area contributed by atoms with Crippen LogP contribution in [0.3, 0.4) is 0 Å². The van der Waals surface area contributed by atoms with Crippen LogP contribution in [-0.4, -0.2) is 30.8 Å². The van der Waals surface area contributed by atoms with Gasteiger partial charge in [0.1, 0.15) is 17.9 Å². The van der Waals surface area contributed by atoms with Crippen LogP contribution < -0.4 is 19.6 Å². The van der Waals surface area contributed by atoms with Gasteiger partial charge in [-0.3, -0.25) is 9.78 Å². The zero-order chi connectivity index (χ0) is 24.6. The molecule has 9 heteroatoms. The molecule has 0 aliphatic heterocycles. The maximum atomic E-state index is 12.2. The Kier molecular flexibility index (Phi) is 8.18. The number of para-hydroxylation sites is 1. The Morgan fingerprint density at radius 3 is 2.66 bits per heavy atom. The van der Waals surface area contributed by atoms with Gasteiger partial charge < -0.3 is 14.2 Å². The molecular formula is C26H21BrClN3O4. The quantitative estimate of drug-likeness (QED) is 0.210. The summed E-state index contributed by atoms with van der Waals surface area (Å²) in [7, 11) is 1.56. The van der Waals surface area contributed by atoms with Crippen molar-refractivity contribution >= 4 is 50.6 Å². The van der Waals surface area contributed by atoms with Crippen molar-refractivity contribution in [3.8, 4) is 17.2 Å². The van der Waals surface area contributed by atoms with Crippen LogP contribution in [0.4, 0.5) is 0 Å². The summed E-state index contributed by atoms with van der Waals surface area (Å²) in [5.74, 6) is 1.22. The van der Waals surface area contributed by atoms with Crippen LogP contribution in [0.15, 0.2) is 82.5 Å². The number of nitrogens with one attached hydrogen (secondary N) is 1. The summed E-state index contributed by atoms with van der Waals surface area (Å²) < 4.78 is 17.7. The van der Waals surface area contributed by atoms with Crippen molar-refractivity contribution in [2.24, 2.45) is 5.10 Å². The number of amides is 1. The monoisotopic (exact) mass is 553 g/mol. The minimum absolute atomic E-state index is 0.199. The molecule has 178 valence electrons. The van der Waals surface area contributed by atoms with Crippen molar-refractivity contribution in [3.05, 3.63) is 93.5 Å². The molecule has 0 atom stereocenters. The topological polar surface area (TPSA) is 82.0 Å². The first kappa shape index (κ1) is 24.5. The summed E-state index contributed by atoms with van der Waals surface area (Å²) in [5, 5.41) is 5.63. The lowest BCUT2D eigenvalue weighted by molar-refractivity contribution is -0.123. The fourth-order valence-corrected chi connectivity index (χ4v) is 3.76. The lowest BCUT2D eigenvalue weighted by atomic mass is 10.2. The van der Waals surface area contributed by atoms with Gasteiger partial charge >= 0.3 is 0 Å². The number of aromatic nitrogens is 1. The molecule has 0 radical (unpaired) electrons. The average molecular weight is 555 g/mol. The number of halogens is 2. The Bertz CT molecular complexity index is 1360. The van der Waals surface area contributed by atoms with Crippen LogP contribution in [0.5, 0.6) is 17.2 Å². The third-order valence-corrected chi connectivity index (χ3v) is 5.88. The molecular weight excluding hydrogens is 534 g/mol. The first-order valence-electron chi connectivity index (χ1n) is 10.6. The van der Waals surface area contributed by atoms with Crippen LogP contribution in [0.2, 0.25) is 5.02 Å². The fourth-order valence-electron chi connectivity index (χ4n) is 3.21. The summed E-state index contributed by atoms with van der Waals surface area (Å²) in [6.45, 7) is 0.157. The highest BCUT2D eigenvalue weighted by Gasteiger charge is 2.11. The normalized spacial score (nSPS) is 10.9. The van der Waals surface area contributed by atoms with Crippen LogP contribution in [0.25, 0.3) is 10.9 Å². The number of hydrogen-bond acceptors (Lipinski definition) is 6. The van der Waals surface area contributed by atoms with Gasteiger partial charge in [-0.2, -0.15) is 5.10 Å². The van der Waals surface area contributed by atoms with Gasteiger partial charge in [0.2, 0.25) is 0 Å². The maximum absolute atomic E-state index is 12.2. The van der Waals surface area contributed by atoms with E-state index in [4.69, 9.17) is 25.8 Å². The van der Waals surface area contributed by atoms with Gasteiger partial charge in [0.25, 0.3) is 5.91 Å². The molecule has 3 aromatic carbocycles. The number of nitrogens with zero attached hydrogens (tertiary/aromatic N) is 2. The highest BCUT2D eigenvalue weighted by molar-refractivity contribution is 9.10. The van der Waals surface area contributed by atoms with Crippen molar-refractivity contribution < 1.29 is 19.0 Å².